The van der Waals surface area contributed by atoms with Gasteiger partial charge in [0.05, 0.1) is 22.4 Å². The summed E-state index contributed by atoms with van der Waals surface area (Å²) in [6, 6.07) is 12.4. The molecule has 10 heteroatoms. The maximum atomic E-state index is 12.1. The van der Waals surface area contributed by atoms with E-state index < -0.39 is 21.0 Å². The number of rotatable bonds is 6. The Balaban J connectivity index is 1.92. The van der Waals surface area contributed by atoms with E-state index in [0.29, 0.717) is 28.9 Å². The molecule has 152 valence electrons. The van der Waals surface area contributed by atoms with E-state index in [2.05, 4.69) is 9.82 Å². The molecule has 0 aliphatic carbocycles. The second-order valence-electron chi connectivity index (χ2n) is 6.57. The van der Waals surface area contributed by atoms with Crippen LogP contribution in [-0.2, 0) is 14.8 Å². The molecule has 9 nitrogen and oxygen atoms in total. The van der Waals surface area contributed by atoms with Crippen molar-refractivity contribution in [3.63, 3.8) is 0 Å². The van der Waals surface area contributed by atoms with Gasteiger partial charge >= 0.3 is 0 Å². The van der Waals surface area contributed by atoms with Gasteiger partial charge in [-0.05, 0) is 30.2 Å². The molecule has 0 saturated heterocycles. The normalized spacial score (nSPS) is 16.4. The number of anilines is 1. The summed E-state index contributed by atoms with van der Waals surface area (Å²) in [4.78, 5) is 22.7. The summed E-state index contributed by atoms with van der Waals surface area (Å²) < 4.78 is 26.1. The van der Waals surface area contributed by atoms with Gasteiger partial charge in [0.1, 0.15) is 0 Å². The molecule has 1 aliphatic rings. The number of nitrogens with one attached hydrogen (secondary N) is 1. The number of hydrogen-bond acceptors (Lipinski definition) is 6. The maximum absolute atomic E-state index is 12.1. The van der Waals surface area contributed by atoms with E-state index in [9.17, 15) is 23.3 Å². The van der Waals surface area contributed by atoms with Crippen LogP contribution in [0, 0.1) is 10.1 Å². The molecule has 2 aromatic carbocycles. The van der Waals surface area contributed by atoms with Gasteiger partial charge in [-0.3, -0.25) is 19.6 Å². The number of benzene rings is 2. The largest absolute Gasteiger partial charge is 0.284 e. The monoisotopic (exact) mass is 416 g/mol. The summed E-state index contributed by atoms with van der Waals surface area (Å²) >= 11 is 0. The molecule has 0 radical (unpaired) electrons. The third-order valence-corrected chi connectivity index (χ3v) is 5.85. The highest BCUT2D eigenvalue weighted by Crippen LogP contribution is 2.34. The molecular weight excluding hydrogens is 396 g/mol. The minimum Gasteiger partial charge on any atom is -0.284 e. The molecule has 1 N–H and O–H groups in total. The van der Waals surface area contributed by atoms with Gasteiger partial charge < -0.3 is 0 Å². The lowest BCUT2D eigenvalue weighted by atomic mass is 9.98. The van der Waals surface area contributed by atoms with Crippen molar-refractivity contribution in [3.8, 4) is 0 Å². The highest BCUT2D eigenvalue weighted by Gasteiger charge is 2.32. The Hall–Kier alpha value is -3.27. The van der Waals surface area contributed by atoms with Crippen LogP contribution >= 0.6 is 0 Å². The molecule has 1 aliphatic heterocycles. The van der Waals surface area contributed by atoms with Crippen molar-refractivity contribution in [2.24, 2.45) is 5.10 Å². The summed E-state index contributed by atoms with van der Waals surface area (Å²) in [6.07, 6.45) is 0.352. The third-order valence-electron chi connectivity index (χ3n) is 4.55. The van der Waals surface area contributed by atoms with E-state index in [0.717, 1.165) is 0 Å². The molecule has 0 saturated carbocycles. The molecule has 1 atom stereocenters. The summed E-state index contributed by atoms with van der Waals surface area (Å²) in [6.45, 7) is 2.92. The molecule has 0 unspecified atom stereocenters. The maximum Gasteiger partial charge on any atom is 0.269 e. The summed E-state index contributed by atoms with van der Waals surface area (Å²) in [7, 11) is -3.42. The molecule has 2 aromatic rings. The number of hydrazone groups is 1. The van der Waals surface area contributed by atoms with Crippen molar-refractivity contribution in [2.75, 3.05) is 10.5 Å². The van der Waals surface area contributed by atoms with Crippen LogP contribution in [0.5, 0.6) is 0 Å². The van der Waals surface area contributed by atoms with E-state index in [4.69, 9.17) is 0 Å². The van der Waals surface area contributed by atoms with Gasteiger partial charge in [0.25, 0.3) is 5.69 Å². The van der Waals surface area contributed by atoms with Gasteiger partial charge in [-0.2, -0.15) is 5.10 Å². The number of hydrogen-bond donors (Lipinski definition) is 1. The topological polar surface area (TPSA) is 122 Å². The number of sulfonamides is 1. The van der Waals surface area contributed by atoms with E-state index >= 15 is 0 Å². The van der Waals surface area contributed by atoms with Crippen LogP contribution < -0.4 is 4.72 Å². The smallest absolute Gasteiger partial charge is 0.269 e. The first-order valence-corrected chi connectivity index (χ1v) is 10.6. The van der Waals surface area contributed by atoms with Gasteiger partial charge in [-0.15, -0.1) is 0 Å². The zero-order valence-corrected chi connectivity index (χ0v) is 16.7. The molecule has 0 fully saturated rings. The van der Waals surface area contributed by atoms with E-state index in [1.54, 1.807) is 43.3 Å². The average molecular weight is 416 g/mol. The molecule has 29 heavy (non-hydrogen) atoms. The van der Waals surface area contributed by atoms with Crippen molar-refractivity contribution in [1.29, 1.82) is 0 Å². The zero-order valence-electron chi connectivity index (χ0n) is 15.9. The van der Waals surface area contributed by atoms with Crippen LogP contribution in [0.4, 0.5) is 11.4 Å². The number of amides is 1. The van der Waals surface area contributed by atoms with E-state index in [1.807, 2.05) is 0 Å². The second-order valence-corrected chi connectivity index (χ2v) is 8.58. The highest BCUT2D eigenvalue weighted by atomic mass is 32.2. The second kappa shape index (κ2) is 8.00. The number of nitro benzene ring substituents is 1. The molecule has 0 aromatic heterocycles. The van der Waals surface area contributed by atoms with Gasteiger partial charge in [0.2, 0.25) is 15.9 Å². The van der Waals surface area contributed by atoms with Crippen molar-refractivity contribution >= 4 is 33.0 Å². The average Bonchev–Trinajstić information content (AvgIpc) is 3.14. The van der Waals surface area contributed by atoms with Crippen LogP contribution in [0.25, 0.3) is 0 Å². The standard InChI is InChI=1S/C19H20N4O5S/c1-3-29(27,28)21-16-8-4-6-14(10-16)18-12-19(22(20-18)13(2)24)15-7-5-9-17(11-15)23(25)26/h4-11,19,21H,3,12H2,1-2H3/t19-/m1/s1. The molecule has 1 heterocycles. The lowest BCUT2D eigenvalue weighted by Gasteiger charge is -2.20. The first kappa shape index (κ1) is 20.5. The first-order valence-electron chi connectivity index (χ1n) is 8.92. The van der Waals surface area contributed by atoms with Crippen LogP contribution in [0.1, 0.15) is 37.4 Å². The number of nitro groups is 1. The Morgan fingerprint density at radius 3 is 2.66 bits per heavy atom. The fourth-order valence-electron chi connectivity index (χ4n) is 3.09. The van der Waals surface area contributed by atoms with E-state index in [-0.39, 0.29) is 17.3 Å². The van der Waals surface area contributed by atoms with Gasteiger partial charge in [-0.1, -0.05) is 24.3 Å². The van der Waals surface area contributed by atoms with Crippen LogP contribution in [0.3, 0.4) is 0 Å². The predicted molar refractivity (Wildman–Crippen MR) is 109 cm³/mol. The summed E-state index contributed by atoms with van der Waals surface area (Å²) in [5, 5.41) is 16.8. The van der Waals surface area contributed by atoms with E-state index in [1.165, 1.54) is 24.1 Å². The Morgan fingerprint density at radius 1 is 1.28 bits per heavy atom. The van der Waals surface area contributed by atoms with Crippen molar-refractivity contribution in [2.45, 2.75) is 26.3 Å². The van der Waals surface area contributed by atoms with Crippen LogP contribution in [0.15, 0.2) is 53.6 Å². The van der Waals surface area contributed by atoms with Crippen LogP contribution in [-0.4, -0.2) is 35.7 Å². The van der Waals surface area contributed by atoms with Gasteiger partial charge in [0.15, 0.2) is 0 Å². The van der Waals surface area contributed by atoms with Crippen LogP contribution in [0.2, 0.25) is 0 Å². The predicted octanol–water partition coefficient (Wildman–Crippen LogP) is 3.05. The third kappa shape index (κ3) is 4.60. The number of nitrogens with zero attached hydrogens (tertiary/aromatic N) is 3. The number of carbonyl (C=O) groups is 1. The van der Waals surface area contributed by atoms with Crippen molar-refractivity contribution in [3.05, 3.63) is 69.8 Å². The fraction of sp³-hybridized carbons (Fsp3) is 0.263. The Bertz CT molecular complexity index is 1100. The number of non-ortho nitro benzene ring substituents is 1. The molecule has 3 rings (SSSR count). The minimum absolute atomic E-state index is 0.0504. The van der Waals surface area contributed by atoms with Crippen molar-refractivity contribution in [1.82, 2.24) is 5.01 Å². The fourth-order valence-corrected chi connectivity index (χ4v) is 3.72. The Morgan fingerprint density at radius 2 is 2.00 bits per heavy atom. The lowest BCUT2D eigenvalue weighted by molar-refractivity contribution is -0.384. The quantitative estimate of drug-likeness (QED) is 0.573. The molecule has 1 amide bonds. The van der Waals surface area contributed by atoms with Gasteiger partial charge in [0, 0.05) is 31.2 Å². The molecule has 0 bridgehead atoms. The zero-order chi connectivity index (χ0) is 21.2. The van der Waals surface area contributed by atoms with Crippen molar-refractivity contribution < 1.29 is 18.1 Å². The summed E-state index contributed by atoms with van der Waals surface area (Å²) in [5.41, 5.74) is 2.21. The minimum atomic E-state index is -3.42. The Labute approximate surface area is 168 Å². The number of carbonyl (C=O) groups excluding carboxylic acids is 1. The summed E-state index contributed by atoms with van der Waals surface area (Å²) in [5.74, 6) is -0.343. The highest BCUT2D eigenvalue weighted by molar-refractivity contribution is 7.92. The lowest BCUT2D eigenvalue weighted by Crippen LogP contribution is -2.24. The molecule has 0 spiro atoms. The first-order chi connectivity index (χ1) is 13.7. The van der Waals surface area contributed by atoms with Gasteiger partial charge in [-0.25, -0.2) is 13.4 Å². The Kier molecular flexibility index (Phi) is 5.64. The SMILES string of the molecule is CCS(=O)(=O)Nc1cccc(C2=NN(C(C)=O)[C@@H](c3cccc([N+](=O)[O-])c3)C2)c1. The molecular formula is C19H20N4O5S.